The number of anilines is 1. The third kappa shape index (κ3) is 2.27. The molecule has 0 aliphatic carbocycles. The highest BCUT2D eigenvalue weighted by atomic mass is 16.4. The van der Waals surface area contributed by atoms with Crippen LogP contribution in [0.25, 0.3) is 0 Å². The molecule has 2 rings (SSSR count). The Kier molecular flexibility index (Phi) is 3.00. The molecular formula is C10H14N4O2. The largest absolute Gasteiger partial charge is 0.476 e. The molecule has 6 heteroatoms. The molecule has 0 spiro atoms. The molecular weight excluding hydrogens is 208 g/mol. The second-order valence-corrected chi connectivity index (χ2v) is 3.92. The first-order valence-electron chi connectivity index (χ1n) is 5.22. The van der Waals surface area contributed by atoms with Gasteiger partial charge in [0.2, 0.25) is 0 Å². The van der Waals surface area contributed by atoms with E-state index < -0.39 is 5.97 Å². The quantitative estimate of drug-likeness (QED) is 0.737. The van der Waals surface area contributed by atoms with E-state index in [1.807, 2.05) is 4.90 Å². The van der Waals surface area contributed by atoms with Crippen LogP contribution in [0.5, 0.6) is 0 Å². The highest BCUT2D eigenvalue weighted by Gasteiger charge is 2.19. The summed E-state index contributed by atoms with van der Waals surface area (Å²) < 4.78 is 0. The second-order valence-electron chi connectivity index (χ2n) is 3.92. The summed E-state index contributed by atoms with van der Waals surface area (Å²) in [6.45, 7) is 1.56. The first kappa shape index (κ1) is 10.8. The van der Waals surface area contributed by atoms with E-state index in [2.05, 4.69) is 9.97 Å². The van der Waals surface area contributed by atoms with E-state index in [1.54, 1.807) is 6.20 Å². The summed E-state index contributed by atoms with van der Waals surface area (Å²) >= 11 is 0. The van der Waals surface area contributed by atoms with Crippen molar-refractivity contribution < 1.29 is 9.90 Å². The number of carbonyl (C=O) groups is 1. The molecule has 1 aromatic heterocycles. The smallest absolute Gasteiger partial charge is 0.356 e. The minimum atomic E-state index is -1.06. The van der Waals surface area contributed by atoms with E-state index in [-0.39, 0.29) is 11.7 Å². The highest BCUT2D eigenvalue weighted by molar-refractivity contribution is 5.85. The summed E-state index contributed by atoms with van der Waals surface area (Å²) in [5.41, 5.74) is 5.82. The number of hydrogen-bond acceptors (Lipinski definition) is 5. The number of nitrogens with zero attached hydrogens (tertiary/aromatic N) is 3. The Morgan fingerprint density at radius 2 is 2.38 bits per heavy atom. The van der Waals surface area contributed by atoms with Gasteiger partial charge in [0.1, 0.15) is 5.82 Å². The molecule has 86 valence electrons. The lowest BCUT2D eigenvalue weighted by Gasteiger charge is -2.31. The van der Waals surface area contributed by atoms with Gasteiger partial charge in [-0.3, -0.25) is 4.98 Å². The van der Waals surface area contributed by atoms with Crippen molar-refractivity contribution in [3.05, 3.63) is 18.1 Å². The molecule has 0 saturated carbocycles. The summed E-state index contributed by atoms with van der Waals surface area (Å²) in [5.74, 6) is -0.467. The van der Waals surface area contributed by atoms with Crippen molar-refractivity contribution in [3.63, 3.8) is 0 Å². The Morgan fingerprint density at radius 1 is 1.56 bits per heavy atom. The molecule has 2 heterocycles. The maximum absolute atomic E-state index is 10.8. The predicted octanol–water partition coefficient (Wildman–Crippen LogP) is 0.102. The monoisotopic (exact) mass is 222 g/mol. The number of aromatic carboxylic acids is 1. The van der Waals surface area contributed by atoms with Crippen LogP contribution in [0.2, 0.25) is 0 Å². The lowest BCUT2D eigenvalue weighted by Crippen LogP contribution is -2.43. The molecule has 0 bridgehead atoms. The fourth-order valence-corrected chi connectivity index (χ4v) is 1.83. The van der Waals surface area contributed by atoms with Gasteiger partial charge in [-0.15, -0.1) is 0 Å². The van der Waals surface area contributed by atoms with Crippen LogP contribution in [0.4, 0.5) is 5.82 Å². The van der Waals surface area contributed by atoms with Gasteiger partial charge in [-0.05, 0) is 12.8 Å². The number of carboxylic acids is 1. The van der Waals surface area contributed by atoms with Crippen LogP contribution in [0.3, 0.4) is 0 Å². The Morgan fingerprint density at radius 3 is 3.06 bits per heavy atom. The lowest BCUT2D eigenvalue weighted by molar-refractivity contribution is 0.0690. The Labute approximate surface area is 93.1 Å². The standard InChI is InChI=1S/C10H14N4O2/c11-7-2-1-3-14(6-7)9-5-12-4-8(13-9)10(15)16/h4-5,7H,1-3,6,11H2,(H,15,16). The summed E-state index contributed by atoms with van der Waals surface area (Å²) in [6.07, 6.45) is 4.82. The fraction of sp³-hybridized carbons (Fsp3) is 0.500. The first-order valence-corrected chi connectivity index (χ1v) is 5.22. The minimum absolute atomic E-state index is 0.0309. The maximum atomic E-state index is 10.8. The Bertz CT molecular complexity index is 396. The van der Waals surface area contributed by atoms with Crippen LogP contribution in [0.15, 0.2) is 12.4 Å². The van der Waals surface area contributed by atoms with Gasteiger partial charge in [-0.1, -0.05) is 0 Å². The SMILES string of the molecule is NC1CCCN(c2cncc(C(=O)O)n2)C1. The van der Waals surface area contributed by atoms with Crippen LogP contribution >= 0.6 is 0 Å². The molecule has 1 aromatic rings. The molecule has 6 nitrogen and oxygen atoms in total. The zero-order chi connectivity index (χ0) is 11.5. The van der Waals surface area contributed by atoms with Crippen molar-refractivity contribution >= 4 is 11.8 Å². The van der Waals surface area contributed by atoms with Crippen LogP contribution in [0, 0.1) is 0 Å². The van der Waals surface area contributed by atoms with E-state index >= 15 is 0 Å². The van der Waals surface area contributed by atoms with Crippen molar-refractivity contribution in [2.75, 3.05) is 18.0 Å². The summed E-state index contributed by atoms with van der Waals surface area (Å²) in [5, 5.41) is 8.81. The molecule has 0 aromatic carbocycles. The van der Waals surface area contributed by atoms with Gasteiger partial charge in [-0.2, -0.15) is 0 Å². The average Bonchev–Trinajstić information content (AvgIpc) is 2.29. The van der Waals surface area contributed by atoms with Crippen LogP contribution in [-0.2, 0) is 0 Å². The van der Waals surface area contributed by atoms with E-state index in [0.29, 0.717) is 12.4 Å². The third-order valence-corrected chi connectivity index (χ3v) is 2.62. The van der Waals surface area contributed by atoms with Crippen LogP contribution in [-0.4, -0.2) is 40.2 Å². The Balaban J connectivity index is 2.19. The highest BCUT2D eigenvalue weighted by Crippen LogP contribution is 2.16. The number of aromatic nitrogens is 2. The predicted molar refractivity (Wildman–Crippen MR) is 58.4 cm³/mol. The van der Waals surface area contributed by atoms with Crippen molar-refractivity contribution in [1.82, 2.24) is 9.97 Å². The molecule has 0 amide bonds. The number of carboxylic acid groups (broad SMARTS) is 1. The van der Waals surface area contributed by atoms with E-state index in [4.69, 9.17) is 10.8 Å². The van der Waals surface area contributed by atoms with Crippen molar-refractivity contribution in [2.45, 2.75) is 18.9 Å². The van der Waals surface area contributed by atoms with Gasteiger partial charge >= 0.3 is 5.97 Å². The molecule has 16 heavy (non-hydrogen) atoms. The van der Waals surface area contributed by atoms with Crippen molar-refractivity contribution in [3.8, 4) is 0 Å². The number of piperidine rings is 1. The van der Waals surface area contributed by atoms with E-state index in [9.17, 15) is 4.79 Å². The molecule has 1 fully saturated rings. The molecule has 1 aliphatic heterocycles. The van der Waals surface area contributed by atoms with Gasteiger partial charge in [0.05, 0.1) is 12.4 Å². The minimum Gasteiger partial charge on any atom is -0.476 e. The van der Waals surface area contributed by atoms with Gasteiger partial charge in [0, 0.05) is 19.1 Å². The molecule has 3 N–H and O–H groups in total. The summed E-state index contributed by atoms with van der Waals surface area (Å²) in [7, 11) is 0. The fourth-order valence-electron chi connectivity index (χ4n) is 1.83. The van der Waals surface area contributed by atoms with Gasteiger partial charge in [0.25, 0.3) is 0 Å². The van der Waals surface area contributed by atoms with Gasteiger partial charge in [-0.25, -0.2) is 9.78 Å². The summed E-state index contributed by atoms with van der Waals surface area (Å²) in [6, 6.07) is 0.129. The summed E-state index contributed by atoms with van der Waals surface area (Å²) in [4.78, 5) is 20.7. The molecule has 1 aliphatic rings. The number of rotatable bonds is 2. The van der Waals surface area contributed by atoms with Crippen molar-refractivity contribution in [1.29, 1.82) is 0 Å². The second kappa shape index (κ2) is 4.44. The maximum Gasteiger partial charge on any atom is 0.356 e. The number of nitrogens with two attached hydrogens (primary N) is 1. The van der Waals surface area contributed by atoms with Crippen LogP contribution in [0.1, 0.15) is 23.3 Å². The zero-order valence-electron chi connectivity index (χ0n) is 8.83. The molecule has 0 radical (unpaired) electrons. The average molecular weight is 222 g/mol. The molecule has 1 atom stereocenters. The first-order chi connectivity index (χ1) is 7.66. The Hall–Kier alpha value is -1.69. The topological polar surface area (TPSA) is 92.3 Å². The lowest BCUT2D eigenvalue weighted by atomic mass is 10.1. The van der Waals surface area contributed by atoms with Gasteiger partial charge in [0.15, 0.2) is 5.69 Å². The van der Waals surface area contributed by atoms with Gasteiger partial charge < -0.3 is 15.7 Å². The normalized spacial score (nSPS) is 20.8. The molecule has 1 unspecified atom stereocenters. The van der Waals surface area contributed by atoms with E-state index in [1.165, 1.54) is 6.20 Å². The number of hydrogen-bond donors (Lipinski definition) is 2. The van der Waals surface area contributed by atoms with Crippen LogP contribution < -0.4 is 10.6 Å². The zero-order valence-corrected chi connectivity index (χ0v) is 8.83. The van der Waals surface area contributed by atoms with E-state index in [0.717, 1.165) is 19.4 Å². The molecule has 1 saturated heterocycles. The third-order valence-electron chi connectivity index (χ3n) is 2.62. The van der Waals surface area contributed by atoms with Crippen molar-refractivity contribution in [2.24, 2.45) is 5.73 Å².